The molecule has 2 atom stereocenters. The number of aliphatic hydroxyl groups is 1. The Morgan fingerprint density at radius 1 is 1.55 bits per heavy atom. The zero-order valence-corrected chi connectivity index (χ0v) is 7.08. The lowest BCUT2D eigenvalue weighted by atomic mass is 9.97. The molecule has 0 saturated heterocycles. The minimum atomic E-state index is -0.930. The van der Waals surface area contributed by atoms with Gasteiger partial charge in [-0.2, -0.15) is 0 Å². The maximum Gasteiger partial charge on any atom is 0.305 e. The van der Waals surface area contributed by atoms with E-state index in [4.69, 9.17) is 5.11 Å². The molecule has 0 aromatic carbocycles. The number of aliphatic carboxylic acids is 1. The second-order valence-electron chi connectivity index (χ2n) is 2.93. The van der Waals surface area contributed by atoms with Crippen molar-refractivity contribution in [3.63, 3.8) is 0 Å². The monoisotopic (exact) mass is 160 g/mol. The molecule has 2 N–H and O–H groups in total. The zero-order valence-electron chi connectivity index (χ0n) is 7.08. The van der Waals surface area contributed by atoms with Gasteiger partial charge in [0.25, 0.3) is 0 Å². The Labute approximate surface area is 67.0 Å². The van der Waals surface area contributed by atoms with Gasteiger partial charge in [0.15, 0.2) is 0 Å². The van der Waals surface area contributed by atoms with Crippen LogP contribution in [0.5, 0.6) is 0 Å². The number of carboxylic acids is 1. The fourth-order valence-corrected chi connectivity index (χ4v) is 1.03. The van der Waals surface area contributed by atoms with Crippen LogP contribution >= 0.6 is 0 Å². The first-order valence-electron chi connectivity index (χ1n) is 3.97. The summed E-state index contributed by atoms with van der Waals surface area (Å²) in [5.41, 5.74) is 0. The van der Waals surface area contributed by atoms with Crippen LogP contribution in [0.25, 0.3) is 0 Å². The van der Waals surface area contributed by atoms with Crippen LogP contribution in [0.15, 0.2) is 0 Å². The molecule has 66 valence electrons. The van der Waals surface area contributed by atoms with Crippen LogP contribution in [-0.2, 0) is 4.79 Å². The van der Waals surface area contributed by atoms with E-state index in [0.29, 0.717) is 0 Å². The highest BCUT2D eigenvalue weighted by Gasteiger charge is 2.15. The van der Waals surface area contributed by atoms with E-state index in [1.807, 2.05) is 13.8 Å². The molecule has 0 aromatic heterocycles. The number of carboxylic acid groups (broad SMARTS) is 1. The van der Waals surface area contributed by atoms with Gasteiger partial charge in [-0.1, -0.05) is 20.3 Å². The summed E-state index contributed by atoms with van der Waals surface area (Å²) < 4.78 is 0. The fourth-order valence-electron chi connectivity index (χ4n) is 1.03. The van der Waals surface area contributed by atoms with Crippen LogP contribution in [0.1, 0.15) is 33.1 Å². The van der Waals surface area contributed by atoms with Crippen LogP contribution in [0, 0.1) is 5.92 Å². The van der Waals surface area contributed by atoms with Crippen molar-refractivity contribution in [2.45, 2.75) is 39.2 Å². The minimum absolute atomic E-state index is 0.0936. The molecule has 0 unspecified atom stereocenters. The molecule has 11 heavy (non-hydrogen) atoms. The summed E-state index contributed by atoms with van der Waals surface area (Å²) in [6, 6.07) is 0. The summed E-state index contributed by atoms with van der Waals surface area (Å²) in [7, 11) is 0. The standard InChI is InChI=1S/C8H16O3/c1-3-4-6(2)7(9)5-8(10)11/h6-7,9H,3-5H2,1-2H3,(H,10,11)/t6-,7-/m0/s1. The van der Waals surface area contributed by atoms with Gasteiger partial charge in [0, 0.05) is 0 Å². The van der Waals surface area contributed by atoms with Crippen molar-refractivity contribution in [2.75, 3.05) is 0 Å². The predicted molar refractivity (Wildman–Crippen MR) is 42.3 cm³/mol. The van der Waals surface area contributed by atoms with Gasteiger partial charge in [0.2, 0.25) is 0 Å². The van der Waals surface area contributed by atoms with E-state index in [9.17, 15) is 9.90 Å². The molecule has 0 aliphatic rings. The van der Waals surface area contributed by atoms with Gasteiger partial charge in [-0.3, -0.25) is 4.79 Å². The van der Waals surface area contributed by atoms with Gasteiger partial charge in [0.05, 0.1) is 12.5 Å². The average molecular weight is 160 g/mol. The SMILES string of the molecule is CCC[C@H](C)[C@@H](O)CC(=O)O. The van der Waals surface area contributed by atoms with Crippen molar-refractivity contribution in [1.82, 2.24) is 0 Å². The smallest absolute Gasteiger partial charge is 0.305 e. The molecule has 0 spiro atoms. The van der Waals surface area contributed by atoms with Gasteiger partial charge in [-0.05, 0) is 12.3 Å². The summed E-state index contributed by atoms with van der Waals surface area (Å²) in [4.78, 5) is 10.2. The third-order valence-corrected chi connectivity index (χ3v) is 1.78. The number of hydrogen-bond acceptors (Lipinski definition) is 2. The molecule has 0 saturated carbocycles. The van der Waals surface area contributed by atoms with Crippen molar-refractivity contribution < 1.29 is 15.0 Å². The second kappa shape index (κ2) is 5.13. The van der Waals surface area contributed by atoms with Crippen LogP contribution in [-0.4, -0.2) is 22.3 Å². The molecule has 0 rings (SSSR count). The highest BCUT2D eigenvalue weighted by Crippen LogP contribution is 2.12. The van der Waals surface area contributed by atoms with Crippen molar-refractivity contribution >= 4 is 5.97 Å². The molecule has 0 radical (unpaired) electrons. The van der Waals surface area contributed by atoms with E-state index in [-0.39, 0.29) is 12.3 Å². The van der Waals surface area contributed by atoms with Gasteiger partial charge >= 0.3 is 5.97 Å². The Morgan fingerprint density at radius 2 is 2.09 bits per heavy atom. The maximum absolute atomic E-state index is 10.2. The molecular weight excluding hydrogens is 144 g/mol. The van der Waals surface area contributed by atoms with E-state index in [2.05, 4.69) is 0 Å². The van der Waals surface area contributed by atoms with Crippen molar-refractivity contribution in [1.29, 1.82) is 0 Å². The maximum atomic E-state index is 10.2. The van der Waals surface area contributed by atoms with Crippen molar-refractivity contribution in [3.05, 3.63) is 0 Å². The summed E-state index contributed by atoms with van der Waals surface area (Å²) >= 11 is 0. The van der Waals surface area contributed by atoms with Crippen LogP contribution in [0.4, 0.5) is 0 Å². The summed E-state index contributed by atoms with van der Waals surface area (Å²) in [6.07, 6.45) is 1.04. The first kappa shape index (κ1) is 10.4. The molecule has 0 aromatic rings. The molecule has 0 amide bonds. The Morgan fingerprint density at radius 3 is 2.45 bits per heavy atom. The third-order valence-electron chi connectivity index (χ3n) is 1.78. The lowest BCUT2D eigenvalue weighted by Gasteiger charge is -2.15. The van der Waals surface area contributed by atoms with Gasteiger partial charge in [-0.15, -0.1) is 0 Å². The largest absolute Gasteiger partial charge is 0.481 e. The first-order chi connectivity index (χ1) is 5.07. The molecular formula is C8H16O3. The Bertz CT molecular complexity index is 123. The summed E-state index contributed by atoms with van der Waals surface area (Å²) in [6.45, 7) is 3.89. The molecule has 0 heterocycles. The lowest BCUT2D eigenvalue weighted by molar-refractivity contribution is -0.139. The quantitative estimate of drug-likeness (QED) is 0.636. The van der Waals surface area contributed by atoms with Crippen LogP contribution in [0.2, 0.25) is 0 Å². The molecule has 0 aliphatic carbocycles. The molecule has 3 heteroatoms. The van der Waals surface area contributed by atoms with Gasteiger partial charge in [-0.25, -0.2) is 0 Å². The first-order valence-corrected chi connectivity index (χ1v) is 3.97. The molecule has 0 fully saturated rings. The summed E-state index contributed by atoms with van der Waals surface area (Å²) in [5.74, 6) is -0.837. The van der Waals surface area contributed by atoms with Crippen LogP contribution in [0.3, 0.4) is 0 Å². The summed E-state index contributed by atoms with van der Waals surface area (Å²) in [5, 5.41) is 17.6. The van der Waals surface area contributed by atoms with Crippen LogP contribution < -0.4 is 0 Å². The van der Waals surface area contributed by atoms with E-state index < -0.39 is 12.1 Å². The average Bonchev–Trinajstić information content (AvgIpc) is 1.86. The van der Waals surface area contributed by atoms with E-state index in [1.165, 1.54) is 0 Å². The van der Waals surface area contributed by atoms with Crippen molar-refractivity contribution in [2.24, 2.45) is 5.92 Å². The Balaban J connectivity index is 3.63. The Hall–Kier alpha value is -0.570. The topological polar surface area (TPSA) is 57.5 Å². The fraction of sp³-hybridized carbons (Fsp3) is 0.875. The number of carbonyl (C=O) groups is 1. The number of aliphatic hydroxyl groups excluding tert-OH is 1. The molecule has 3 nitrogen and oxygen atoms in total. The highest BCUT2D eigenvalue weighted by atomic mass is 16.4. The zero-order chi connectivity index (χ0) is 8.85. The minimum Gasteiger partial charge on any atom is -0.481 e. The van der Waals surface area contributed by atoms with Gasteiger partial charge in [0.1, 0.15) is 0 Å². The third kappa shape index (κ3) is 4.79. The van der Waals surface area contributed by atoms with Crippen molar-refractivity contribution in [3.8, 4) is 0 Å². The number of hydrogen-bond donors (Lipinski definition) is 2. The lowest BCUT2D eigenvalue weighted by Crippen LogP contribution is -2.21. The highest BCUT2D eigenvalue weighted by molar-refractivity contribution is 5.67. The van der Waals surface area contributed by atoms with Gasteiger partial charge < -0.3 is 10.2 Å². The normalized spacial score (nSPS) is 15.9. The number of rotatable bonds is 5. The molecule has 0 aliphatic heterocycles. The van der Waals surface area contributed by atoms with E-state index >= 15 is 0 Å². The van der Waals surface area contributed by atoms with E-state index in [0.717, 1.165) is 12.8 Å². The second-order valence-corrected chi connectivity index (χ2v) is 2.93. The predicted octanol–water partition coefficient (Wildman–Crippen LogP) is 1.26. The molecule has 0 bridgehead atoms. The van der Waals surface area contributed by atoms with E-state index in [1.54, 1.807) is 0 Å². The Kier molecular flexibility index (Phi) is 4.86.